The first-order chi connectivity index (χ1) is 25.3. The molecule has 15 nitrogen and oxygen atoms in total. The molecular formula is C36H38N6O9S2. The Balaban J connectivity index is 1.32. The zero-order valence-corrected chi connectivity index (χ0v) is 30.6. The summed E-state index contributed by atoms with van der Waals surface area (Å²) < 4.78 is 11.4. The number of thioether (sulfide) groups is 1. The number of β-lactam (4-membered cyclic amide) rings is 1. The molecule has 53 heavy (non-hydrogen) atoms. The number of alkyl carbamates (subject to hydrolysis) is 1. The van der Waals surface area contributed by atoms with Gasteiger partial charge in [0.1, 0.15) is 41.1 Å². The molecule has 2 aliphatic rings. The number of anilines is 1. The molecule has 5 N–H and O–H groups in total. The Morgan fingerprint density at radius 2 is 1.75 bits per heavy atom. The Kier molecular flexibility index (Phi) is 12.2. The first-order valence-corrected chi connectivity index (χ1v) is 18.3. The quantitative estimate of drug-likeness (QED) is 0.0604. The summed E-state index contributed by atoms with van der Waals surface area (Å²) in [7, 11) is 0. The minimum atomic E-state index is -1.28. The van der Waals surface area contributed by atoms with Gasteiger partial charge in [0, 0.05) is 17.6 Å². The van der Waals surface area contributed by atoms with Crippen LogP contribution in [-0.2, 0) is 33.5 Å². The van der Waals surface area contributed by atoms with Crippen molar-refractivity contribution in [2.75, 3.05) is 18.1 Å². The van der Waals surface area contributed by atoms with Crippen LogP contribution in [0.1, 0.15) is 50.1 Å². The highest BCUT2D eigenvalue weighted by molar-refractivity contribution is 8.00. The van der Waals surface area contributed by atoms with E-state index in [9.17, 15) is 29.1 Å². The van der Waals surface area contributed by atoms with Gasteiger partial charge in [-0.05, 0) is 37.5 Å². The Morgan fingerprint density at radius 3 is 2.30 bits per heavy atom. The molecule has 0 spiro atoms. The molecule has 3 aromatic rings. The van der Waals surface area contributed by atoms with Gasteiger partial charge in [-0.15, -0.1) is 23.1 Å². The number of hydrogen-bond donors (Lipinski definition) is 4. The number of benzene rings is 2. The number of carbonyl (C=O) groups is 5. The lowest BCUT2D eigenvalue weighted by Gasteiger charge is -2.49. The van der Waals surface area contributed by atoms with E-state index in [0.29, 0.717) is 16.7 Å². The molecule has 1 aromatic heterocycles. The number of rotatable bonds is 14. The molecule has 1 saturated heterocycles. The van der Waals surface area contributed by atoms with Crippen LogP contribution in [0.3, 0.4) is 0 Å². The number of esters is 1. The van der Waals surface area contributed by atoms with Crippen molar-refractivity contribution in [2.24, 2.45) is 5.16 Å². The number of nitrogens with two attached hydrogens (primary N) is 1. The number of allylic oxidation sites excluding steroid dienone is 1. The molecule has 2 aromatic carbocycles. The van der Waals surface area contributed by atoms with Gasteiger partial charge < -0.3 is 35.8 Å². The summed E-state index contributed by atoms with van der Waals surface area (Å²) in [6, 6.07) is 15.9. The fourth-order valence-electron chi connectivity index (χ4n) is 5.37. The van der Waals surface area contributed by atoms with Crippen LogP contribution in [0.4, 0.5) is 9.93 Å². The molecule has 3 heterocycles. The predicted molar refractivity (Wildman–Crippen MR) is 197 cm³/mol. The monoisotopic (exact) mass is 762 g/mol. The molecule has 0 aliphatic carbocycles. The van der Waals surface area contributed by atoms with E-state index in [2.05, 4.69) is 27.4 Å². The van der Waals surface area contributed by atoms with E-state index in [-0.39, 0.29) is 41.0 Å². The summed E-state index contributed by atoms with van der Waals surface area (Å²) in [5.41, 5.74) is 6.32. The highest BCUT2D eigenvalue weighted by atomic mass is 32.2. The van der Waals surface area contributed by atoms with Gasteiger partial charge in [0.15, 0.2) is 16.9 Å². The molecule has 2 aliphatic heterocycles. The SMILES string of the molecule is C=CC1=C(C(=O)O)N2C(=O)C(NC(=O)/C(=N\OCCC(NC(=O)OC(C)(C)C)C(=O)OC(c3ccccc3)c3ccccc3)c3csc(N)n3)[C@H]2SC1. The maximum absolute atomic E-state index is 13.7. The average Bonchev–Trinajstić information content (AvgIpc) is 3.56. The van der Waals surface area contributed by atoms with Crippen molar-refractivity contribution in [3.05, 3.63) is 107 Å². The van der Waals surface area contributed by atoms with Gasteiger partial charge in [-0.1, -0.05) is 78.5 Å². The largest absolute Gasteiger partial charge is 0.477 e. The molecule has 3 amide bonds. The van der Waals surface area contributed by atoms with Crippen LogP contribution in [0.5, 0.6) is 0 Å². The predicted octanol–water partition coefficient (Wildman–Crippen LogP) is 3.99. The van der Waals surface area contributed by atoms with Gasteiger partial charge in [-0.2, -0.15) is 0 Å². The molecule has 1 fully saturated rings. The highest BCUT2D eigenvalue weighted by Gasteiger charge is 2.54. The van der Waals surface area contributed by atoms with Crippen molar-refractivity contribution in [1.29, 1.82) is 0 Å². The van der Waals surface area contributed by atoms with Crippen molar-refractivity contribution in [3.63, 3.8) is 0 Å². The third-order valence-corrected chi connectivity index (χ3v) is 9.76. The summed E-state index contributed by atoms with van der Waals surface area (Å²) in [6.45, 7) is 8.38. The van der Waals surface area contributed by atoms with E-state index < -0.39 is 59.0 Å². The van der Waals surface area contributed by atoms with Gasteiger partial charge in [0.05, 0.1) is 0 Å². The lowest BCUT2D eigenvalue weighted by Crippen LogP contribution is -2.71. The van der Waals surface area contributed by atoms with E-state index >= 15 is 0 Å². The fraction of sp³-hybridized carbons (Fsp3) is 0.306. The van der Waals surface area contributed by atoms with Crippen LogP contribution in [0.25, 0.3) is 0 Å². The smallest absolute Gasteiger partial charge is 0.408 e. The first-order valence-electron chi connectivity index (χ1n) is 16.3. The van der Waals surface area contributed by atoms with Crippen molar-refractivity contribution < 1.29 is 43.4 Å². The molecule has 2 unspecified atom stereocenters. The Morgan fingerprint density at radius 1 is 1.11 bits per heavy atom. The highest BCUT2D eigenvalue weighted by Crippen LogP contribution is 2.40. The Hall–Kier alpha value is -5.68. The number of oxime groups is 1. The average molecular weight is 763 g/mol. The van der Waals surface area contributed by atoms with Crippen LogP contribution in [0.15, 0.2) is 95.1 Å². The van der Waals surface area contributed by atoms with E-state index in [1.165, 1.54) is 23.2 Å². The van der Waals surface area contributed by atoms with Crippen LogP contribution >= 0.6 is 23.1 Å². The molecule has 0 radical (unpaired) electrons. The van der Waals surface area contributed by atoms with Crippen LogP contribution in [-0.4, -0.2) is 86.0 Å². The second kappa shape index (κ2) is 16.8. The number of carboxylic acids is 1. The number of nitrogens with zero attached hydrogens (tertiary/aromatic N) is 3. The number of nitrogen functional groups attached to an aromatic ring is 1. The van der Waals surface area contributed by atoms with Crippen LogP contribution in [0, 0.1) is 0 Å². The number of carboxylic acid groups (broad SMARTS) is 1. The van der Waals surface area contributed by atoms with Gasteiger partial charge in [-0.3, -0.25) is 14.5 Å². The second-order valence-corrected chi connectivity index (χ2v) is 14.7. The minimum Gasteiger partial charge on any atom is -0.477 e. The minimum absolute atomic E-state index is 0.0568. The zero-order chi connectivity index (χ0) is 38.3. The molecular weight excluding hydrogens is 725 g/mol. The number of ether oxygens (including phenoxy) is 2. The number of fused-ring (bicyclic) bond motifs is 1. The summed E-state index contributed by atoms with van der Waals surface area (Å²) in [4.78, 5) is 75.8. The van der Waals surface area contributed by atoms with Gasteiger partial charge >= 0.3 is 18.0 Å². The van der Waals surface area contributed by atoms with E-state index in [1.807, 2.05) is 60.7 Å². The van der Waals surface area contributed by atoms with Crippen molar-refractivity contribution in [2.45, 2.75) is 56.4 Å². The van der Waals surface area contributed by atoms with Crippen LogP contribution < -0.4 is 16.4 Å². The van der Waals surface area contributed by atoms with Gasteiger partial charge in [-0.25, -0.2) is 19.4 Å². The summed E-state index contributed by atoms with van der Waals surface area (Å²) in [5.74, 6) is -3.24. The number of aromatic nitrogens is 1. The maximum atomic E-state index is 13.7. The van der Waals surface area contributed by atoms with Crippen molar-refractivity contribution in [3.8, 4) is 0 Å². The number of nitrogens with one attached hydrogen (secondary N) is 2. The first kappa shape index (κ1) is 38.5. The summed E-state index contributed by atoms with van der Waals surface area (Å²) in [5, 5.41) is 19.8. The molecule has 3 atom stereocenters. The number of amides is 3. The van der Waals surface area contributed by atoms with Crippen molar-refractivity contribution in [1.82, 2.24) is 20.5 Å². The summed E-state index contributed by atoms with van der Waals surface area (Å²) in [6.07, 6.45) is -0.428. The second-order valence-electron chi connectivity index (χ2n) is 12.7. The molecule has 0 bridgehead atoms. The van der Waals surface area contributed by atoms with E-state index in [1.54, 1.807) is 20.8 Å². The van der Waals surface area contributed by atoms with Crippen molar-refractivity contribution >= 4 is 63.8 Å². The number of thiazole rings is 1. The molecule has 278 valence electrons. The molecule has 0 saturated carbocycles. The lowest BCUT2D eigenvalue weighted by molar-refractivity contribution is -0.150. The molecule has 5 rings (SSSR count). The number of aliphatic carboxylic acids is 1. The maximum Gasteiger partial charge on any atom is 0.408 e. The lowest BCUT2D eigenvalue weighted by atomic mass is 10.0. The third-order valence-electron chi connectivity index (χ3n) is 7.78. The Bertz CT molecular complexity index is 1890. The third kappa shape index (κ3) is 9.41. The van der Waals surface area contributed by atoms with E-state index in [4.69, 9.17) is 20.0 Å². The number of carbonyl (C=O) groups excluding carboxylic acids is 4. The van der Waals surface area contributed by atoms with Gasteiger partial charge in [0.25, 0.3) is 11.8 Å². The van der Waals surface area contributed by atoms with Crippen LogP contribution in [0.2, 0.25) is 0 Å². The standard InChI is InChI=1S/C36H38N6O9S2/c1-5-20-18-52-31-26(30(44)42(31)27(20)32(45)46)40-29(43)25(24-19-53-34(37)38-24)41-49-17-16-23(39-35(48)51-36(2,3)4)33(47)50-28(21-12-8-6-9-13-21)22-14-10-7-11-15-22/h5-15,19,23,26,28,31H,1,16-18H2,2-4H3,(H2,37,38)(H,39,48)(H,40,43)(H,45,46)/b41-25-/t23?,26?,31-/m1/s1. The molecule has 17 heteroatoms. The topological polar surface area (TPSA) is 212 Å². The normalized spacial score (nSPS) is 17.6. The fourth-order valence-corrected chi connectivity index (χ4v) is 7.26. The van der Waals surface area contributed by atoms with E-state index in [0.717, 1.165) is 16.2 Å². The zero-order valence-electron chi connectivity index (χ0n) is 29.0. The summed E-state index contributed by atoms with van der Waals surface area (Å²) >= 11 is 2.32. The number of hydrogen-bond acceptors (Lipinski definition) is 13. The Labute approximate surface area is 313 Å². The van der Waals surface area contributed by atoms with Gasteiger partial charge in [0.2, 0.25) is 0 Å².